The fraction of sp³-hybridized carbons (Fsp3) is 0.435. The van der Waals surface area contributed by atoms with Crippen LogP contribution in [0.15, 0.2) is 53.4 Å². The number of carbonyl (C=O) groups is 1. The van der Waals surface area contributed by atoms with E-state index >= 15 is 0 Å². The van der Waals surface area contributed by atoms with Crippen LogP contribution in [0.2, 0.25) is 0 Å². The van der Waals surface area contributed by atoms with Crippen molar-refractivity contribution in [2.45, 2.75) is 55.4 Å². The van der Waals surface area contributed by atoms with Crippen LogP contribution in [0.5, 0.6) is 0 Å². The molecule has 4 rings (SSSR count). The molecule has 1 amide bonds. The summed E-state index contributed by atoms with van der Waals surface area (Å²) in [6.45, 7) is 1.48. The van der Waals surface area contributed by atoms with E-state index in [1.165, 1.54) is 12.1 Å². The third kappa shape index (κ3) is 4.01. The van der Waals surface area contributed by atoms with Crippen LogP contribution in [0, 0.1) is 5.82 Å². The number of amides is 1. The lowest BCUT2D eigenvalue weighted by Crippen LogP contribution is -2.49. The van der Waals surface area contributed by atoms with Gasteiger partial charge in [0.2, 0.25) is 15.9 Å². The summed E-state index contributed by atoms with van der Waals surface area (Å²) in [5.41, 5.74) is 1.09. The number of sulfonamides is 1. The van der Waals surface area contributed by atoms with E-state index < -0.39 is 15.4 Å². The zero-order chi connectivity index (χ0) is 21.2. The Labute approximate surface area is 177 Å². The molecule has 1 N–H and O–H groups in total. The van der Waals surface area contributed by atoms with Crippen molar-refractivity contribution in [2.24, 2.45) is 0 Å². The van der Waals surface area contributed by atoms with Crippen molar-refractivity contribution >= 4 is 15.9 Å². The molecule has 1 saturated heterocycles. The monoisotopic (exact) mass is 430 g/mol. The van der Waals surface area contributed by atoms with Gasteiger partial charge in [0.15, 0.2) is 0 Å². The normalized spacial score (nSPS) is 19.1. The second-order valence-corrected chi connectivity index (χ2v) is 10.2. The van der Waals surface area contributed by atoms with E-state index in [0.29, 0.717) is 24.5 Å². The topological polar surface area (TPSA) is 66.5 Å². The number of hydrogen-bond acceptors (Lipinski definition) is 3. The Hall–Kier alpha value is -2.25. The van der Waals surface area contributed by atoms with Gasteiger partial charge >= 0.3 is 0 Å². The Morgan fingerprint density at radius 2 is 1.57 bits per heavy atom. The number of carbonyl (C=O) groups excluding carboxylic acids is 1. The van der Waals surface area contributed by atoms with Crippen LogP contribution < -0.4 is 5.32 Å². The zero-order valence-electron chi connectivity index (χ0n) is 16.9. The van der Waals surface area contributed by atoms with Crippen molar-refractivity contribution in [3.63, 3.8) is 0 Å². The van der Waals surface area contributed by atoms with Gasteiger partial charge in [-0.2, -0.15) is 4.31 Å². The number of nitrogens with one attached hydrogen (secondary N) is 1. The van der Waals surface area contributed by atoms with Crippen molar-refractivity contribution in [1.29, 1.82) is 0 Å². The van der Waals surface area contributed by atoms with Gasteiger partial charge < -0.3 is 5.32 Å². The summed E-state index contributed by atoms with van der Waals surface area (Å²) in [5.74, 6) is -0.376. The molecule has 30 heavy (non-hydrogen) atoms. The summed E-state index contributed by atoms with van der Waals surface area (Å²) in [4.78, 5) is 13.2. The van der Waals surface area contributed by atoms with E-state index in [0.717, 1.165) is 49.7 Å². The first kappa shape index (κ1) is 21.0. The Bertz CT molecular complexity index is 994. The van der Waals surface area contributed by atoms with Crippen molar-refractivity contribution in [1.82, 2.24) is 9.62 Å². The molecule has 2 fully saturated rings. The van der Waals surface area contributed by atoms with Crippen molar-refractivity contribution in [3.8, 4) is 0 Å². The third-order valence-corrected chi connectivity index (χ3v) is 8.28. The van der Waals surface area contributed by atoms with Crippen molar-refractivity contribution in [2.75, 3.05) is 13.1 Å². The van der Waals surface area contributed by atoms with E-state index in [-0.39, 0.29) is 11.7 Å². The highest BCUT2D eigenvalue weighted by atomic mass is 32.2. The van der Waals surface area contributed by atoms with E-state index in [4.69, 9.17) is 0 Å². The van der Waals surface area contributed by atoms with E-state index in [2.05, 4.69) is 5.32 Å². The van der Waals surface area contributed by atoms with Gasteiger partial charge in [0.25, 0.3) is 0 Å². The predicted octanol–water partition coefficient (Wildman–Crippen LogP) is 3.74. The number of hydrogen-bond donors (Lipinski definition) is 1. The Morgan fingerprint density at radius 3 is 2.13 bits per heavy atom. The summed E-state index contributed by atoms with van der Waals surface area (Å²) in [5, 5.41) is 2.98. The first-order valence-electron chi connectivity index (χ1n) is 10.6. The Morgan fingerprint density at radius 1 is 0.933 bits per heavy atom. The second kappa shape index (κ2) is 8.47. The fourth-order valence-corrected chi connectivity index (χ4v) is 5.85. The molecular weight excluding hydrogens is 403 g/mol. The zero-order valence-corrected chi connectivity index (χ0v) is 17.8. The van der Waals surface area contributed by atoms with Crippen molar-refractivity contribution in [3.05, 3.63) is 65.5 Å². The molecular formula is C23H27FN2O3S. The number of halogens is 1. The van der Waals surface area contributed by atoms with Crippen LogP contribution in [-0.2, 0) is 26.8 Å². The third-order valence-electron chi connectivity index (χ3n) is 6.37. The molecule has 1 aliphatic heterocycles. The van der Waals surface area contributed by atoms with Gasteiger partial charge in [0.1, 0.15) is 5.82 Å². The summed E-state index contributed by atoms with van der Waals surface area (Å²) in [7, 11) is -3.45. The molecule has 0 atom stereocenters. The number of nitrogens with zero attached hydrogens (tertiary/aromatic N) is 1. The maximum Gasteiger partial charge on any atom is 0.243 e. The highest BCUT2D eigenvalue weighted by molar-refractivity contribution is 7.89. The molecule has 1 heterocycles. The minimum absolute atomic E-state index is 0.0645. The van der Waals surface area contributed by atoms with Crippen LogP contribution in [0.25, 0.3) is 0 Å². The Kier molecular flexibility index (Phi) is 5.93. The first-order chi connectivity index (χ1) is 14.4. The van der Waals surface area contributed by atoms with Crippen LogP contribution in [0.4, 0.5) is 4.39 Å². The minimum atomic E-state index is -3.45. The van der Waals surface area contributed by atoms with Gasteiger partial charge in [0, 0.05) is 19.6 Å². The van der Waals surface area contributed by atoms with Crippen LogP contribution in [-0.4, -0.2) is 31.7 Å². The maximum absolute atomic E-state index is 13.3. The summed E-state index contributed by atoms with van der Waals surface area (Å²) >= 11 is 0. The first-order valence-corrected chi connectivity index (χ1v) is 12.0. The number of benzene rings is 2. The lowest BCUT2D eigenvalue weighted by Gasteiger charge is -2.40. The molecule has 2 aromatic rings. The molecule has 1 saturated carbocycles. The fourth-order valence-electron chi connectivity index (χ4n) is 4.33. The molecule has 160 valence electrons. The van der Waals surface area contributed by atoms with Crippen LogP contribution >= 0.6 is 0 Å². The molecule has 2 aromatic carbocycles. The van der Waals surface area contributed by atoms with E-state index in [9.17, 15) is 17.6 Å². The molecule has 0 radical (unpaired) electrons. The summed E-state index contributed by atoms with van der Waals surface area (Å²) in [6.07, 6.45) is 5.34. The van der Waals surface area contributed by atoms with Gasteiger partial charge in [0.05, 0.1) is 10.3 Å². The van der Waals surface area contributed by atoms with Gasteiger partial charge in [-0.25, -0.2) is 12.8 Å². The summed E-state index contributed by atoms with van der Waals surface area (Å²) < 4.78 is 40.3. The van der Waals surface area contributed by atoms with Gasteiger partial charge in [-0.15, -0.1) is 0 Å². The lowest BCUT2D eigenvalue weighted by molar-refractivity contribution is -0.130. The average Bonchev–Trinajstić information content (AvgIpc) is 2.74. The number of piperidine rings is 1. The molecule has 0 unspecified atom stereocenters. The molecule has 0 bridgehead atoms. The molecule has 7 heteroatoms. The maximum atomic E-state index is 13.3. The second-order valence-electron chi connectivity index (χ2n) is 8.23. The highest BCUT2D eigenvalue weighted by Gasteiger charge is 2.45. The number of rotatable bonds is 6. The predicted molar refractivity (Wildman–Crippen MR) is 113 cm³/mol. The van der Waals surface area contributed by atoms with Crippen LogP contribution in [0.1, 0.15) is 49.7 Å². The van der Waals surface area contributed by atoms with Crippen molar-refractivity contribution < 1.29 is 17.6 Å². The molecule has 1 aliphatic carbocycles. The average molecular weight is 431 g/mol. The quantitative estimate of drug-likeness (QED) is 0.759. The van der Waals surface area contributed by atoms with Gasteiger partial charge in [-0.3, -0.25) is 4.79 Å². The largest absolute Gasteiger partial charge is 0.351 e. The standard InChI is InChI=1S/C23H27FN2O3S/c24-20-9-7-19(8-10-20)23(13-4-14-23)22(27)25-17-18-5-11-21(12-6-18)30(28,29)26-15-2-1-3-16-26/h5-12H,1-4,13-17H2,(H,25,27). The summed E-state index contributed by atoms with van der Waals surface area (Å²) in [6, 6.07) is 12.9. The molecule has 0 spiro atoms. The lowest BCUT2D eigenvalue weighted by atomic mass is 9.64. The van der Waals surface area contributed by atoms with E-state index in [1.54, 1.807) is 40.7 Å². The smallest absolute Gasteiger partial charge is 0.243 e. The van der Waals surface area contributed by atoms with Gasteiger partial charge in [-0.1, -0.05) is 37.1 Å². The van der Waals surface area contributed by atoms with Crippen LogP contribution in [0.3, 0.4) is 0 Å². The highest BCUT2D eigenvalue weighted by Crippen LogP contribution is 2.44. The minimum Gasteiger partial charge on any atom is -0.351 e. The molecule has 0 aromatic heterocycles. The van der Waals surface area contributed by atoms with E-state index in [1.807, 2.05) is 0 Å². The molecule has 2 aliphatic rings. The van der Waals surface area contributed by atoms with Gasteiger partial charge in [-0.05, 0) is 61.1 Å². The SMILES string of the molecule is O=C(NCc1ccc(S(=O)(=O)N2CCCCC2)cc1)C1(c2ccc(F)cc2)CCC1. The molecule has 5 nitrogen and oxygen atoms in total. The Balaban J connectivity index is 1.41.